The lowest BCUT2D eigenvalue weighted by Gasteiger charge is -2.22. The van der Waals surface area contributed by atoms with E-state index in [9.17, 15) is 13.2 Å². The second kappa shape index (κ2) is 9.13. The molecule has 0 bridgehead atoms. The Morgan fingerprint density at radius 3 is 2.66 bits per heavy atom. The molecule has 1 heterocycles. The Labute approximate surface area is 169 Å². The number of aromatic nitrogens is 1. The zero-order valence-corrected chi connectivity index (χ0v) is 16.7. The van der Waals surface area contributed by atoms with E-state index in [-0.39, 0.29) is 30.1 Å². The van der Waals surface area contributed by atoms with E-state index in [1.165, 1.54) is 10.4 Å². The van der Waals surface area contributed by atoms with Crippen molar-refractivity contribution in [3.8, 4) is 0 Å². The molecule has 0 aliphatic rings. The molecule has 2 aromatic carbocycles. The molecule has 3 N–H and O–H groups in total. The molecular formula is C21H23N3O4S. The molecular weight excluding hydrogens is 390 g/mol. The van der Waals surface area contributed by atoms with E-state index in [1.807, 2.05) is 12.1 Å². The van der Waals surface area contributed by atoms with Crippen molar-refractivity contribution in [2.75, 3.05) is 19.6 Å². The van der Waals surface area contributed by atoms with E-state index < -0.39 is 16.0 Å². The average molecular weight is 413 g/mol. The highest BCUT2D eigenvalue weighted by molar-refractivity contribution is 7.89. The number of benzene rings is 2. The molecule has 0 radical (unpaired) electrons. The highest BCUT2D eigenvalue weighted by Gasteiger charge is 2.25. The van der Waals surface area contributed by atoms with E-state index in [0.717, 1.165) is 10.9 Å². The number of rotatable bonds is 9. The fraction of sp³-hybridized carbons (Fsp3) is 0.238. The summed E-state index contributed by atoms with van der Waals surface area (Å²) in [5.74, 6) is -0.982. The first-order valence-electron chi connectivity index (χ1n) is 9.28. The van der Waals surface area contributed by atoms with Crippen LogP contribution in [0.2, 0.25) is 0 Å². The van der Waals surface area contributed by atoms with E-state index >= 15 is 0 Å². The maximum absolute atomic E-state index is 13.3. The minimum atomic E-state index is -3.73. The fourth-order valence-corrected chi connectivity index (χ4v) is 4.98. The molecule has 152 valence electrons. The van der Waals surface area contributed by atoms with Gasteiger partial charge < -0.3 is 10.8 Å². The number of nitrogens with two attached hydrogens (primary N) is 1. The number of hydrogen-bond acceptors (Lipinski definition) is 5. The van der Waals surface area contributed by atoms with Crippen molar-refractivity contribution in [3.05, 3.63) is 72.1 Å². The molecule has 0 saturated carbocycles. The molecule has 0 atom stereocenters. The number of aryl methyl sites for hydroxylation is 1. The van der Waals surface area contributed by atoms with E-state index in [1.54, 1.807) is 42.7 Å². The number of carbonyl (C=O) groups is 1. The van der Waals surface area contributed by atoms with Gasteiger partial charge in [0.05, 0.1) is 10.5 Å². The van der Waals surface area contributed by atoms with Gasteiger partial charge in [-0.25, -0.2) is 13.2 Å². The molecule has 0 saturated heterocycles. The Bertz CT molecular complexity index is 1110. The molecule has 0 amide bonds. The molecule has 0 unspecified atom stereocenters. The van der Waals surface area contributed by atoms with Gasteiger partial charge in [0, 0.05) is 42.8 Å². The smallest absolute Gasteiger partial charge is 0.335 e. The van der Waals surface area contributed by atoms with Crippen molar-refractivity contribution >= 4 is 26.8 Å². The monoisotopic (exact) mass is 413 g/mol. The van der Waals surface area contributed by atoms with Gasteiger partial charge >= 0.3 is 5.97 Å². The molecule has 0 aliphatic heterocycles. The Hall–Kier alpha value is -2.81. The lowest BCUT2D eigenvalue weighted by molar-refractivity contribution is 0.0696. The summed E-state index contributed by atoms with van der Waals surface area (Å²) in [6, 6.07) is 13.5. The van der Waals surface area contributed by atoms with Gasteiger partial charge in [-0.15, -0.1) is 0 Å². The molecule has 0 fully saturated rings. The molecule has 1 aromatic heterocycles. The Kier molecular flexibility index (Phi) is 6.58. The van der Waals surface area contributed by atoms with Gasteiger partial charge in [0.2, 0.25) is 10.0 Å². The minimum absolute atomic E-state index is 0.207. The van der Waals surface area contributed by atoms with Gasteiger partial charge in [0.15, 0.2) is 0 Å². The maximum atomic E-state index is 13.3. The van der Waals surface area contributed by atoms with E-state index in [2.05, 4.69) is 4.98 Å². The number of hydrogen-bond donors (Lipinski definition) is 2. The van der Waals surface area contributed by atoms with Crippen LogP contribution in [0.15, 0.2) is 65.8 Å². The summed E-state index contributed by atoms with van der Waals surface area (Å²) in [5.41, 5.74) is 6.75. The highest BCUT2D eigenvalue weighted by Crippen LogP contribution is 2.25. The number of nitrogens with zero attached hydrogens (tertiary/aromatic N) is 2. The summed E-state index contributed by atoms with van der Waals surface area (Å²) in [4.78, 5) is 15.4. The van der Waals surface area contributed by atoms with E-state index in [0.29, 0.717) is 18.2 Å². The van der Waals surface area contributed by atoms with Crippen LogP contribution < -0.4 is 5.73 Å². The summed E-state index contributed by atoms with van der Waals surface area (Å²) < 4.78 is 28.0. The normalized spacial score (nSPS) is 11.8. The third-order valence-electron chi connectivity index (χ3n) is 4.68. The van der Waals surface area contributed by atoms with Crippen LogP contribution in [-0.4, -0.2) is 48.4 Å². The molecule has 29 heavy (non-hydrogen) atoms. The first-order valence-corrected chi connectivity index (χ1v) is 10.7. The molecule has 8 heteroatoms. The fourth-order valence-electron chi connectivity index (χ4n) is 3.27. The van der Waals surface area contributed by atoms with Crippen LogP contribution >= 0.6 is 0 Å². The Morgan fingerprint density at radius 1 is 1.10 bits per heavy atom. The van der Waals surface area contributed by atoms with Crippen molar-refractivity contribution in [3.63, 3.8) is 0 Å². The SMILES string of the molecule is NCCN(CCCc1cccc(C(=O)O)c1)S(=O)(=O)c1cccc2cnccc12. The topological polar surface area (TPSA) is 114 Å². The van der Waals surface area contributed by atoms with Crippen LogP contribution in [0.5, 0.6) is 0 Å². The van der Waals surface area contributed by atoms with Gasteiger partial charge in [0.25, 0.3) is 0 Å². The summed E-state index contributed by atoms with van der Waals surface area (Å²) in [7, 11) is -3.73. The lowest BCUT2D eigenvalue weighted by Crippen LogP contribution is -2.36. The van der Waals surface area contributed by atoms with Crippen LogP contribution in [0, 0.1) is 0 Å². The summed E-state index contributed by atoms with van der Waals surface area (Å²) >= 11 is 0. The van der Waals surface area contributed by atoms with Crippen LogP contribution in [0.1, 0.15) is 22.3 Å². The predicted molar refractivity (Wildman–Crippen MR) is 111 cm³/mol. The Morgan fingerprint density at radius 2 is 1.90 bits per heavy atom. The van der Waals surface area contributed by atoms with Crippen molar-refractivity contribution in [1.29, 1.82) is 0 Å². The van der Waals surface area contributed by atoms with Crippen LogP contribution in [0.3, 0.4) is 0 Å². The zero-order valence-electron chi connectivity index (χ0n) is 15.9. The van der Waals surface area contributed by atoms with Gasteiger partial charge in [0.1, 0.15) is 0 Å². The molecule has 0 aliphatic carbocycles. The summed E-state index contributed by atoms with van der Waals surface area (Å²) in [6.07, 6.45) is 4.33. The molecule has 3 rings (SSSR count). The second-order valence-electron chi connectivity index (χ2n) is 6.65. The molecule has 0 spiro atoms. The van der Waals surface area contributed by atoms with Gasteiger partial charge in [-0.2, -0.15) is 4.31 Å². The first kappa shape index (κ1) is 20.9. The van der Waals surface area contributed by atoms with Crippen molar-refractivity contribution in [2.45, 2.75) is 17.7 Å². The van der Waals surface area contributed by atoms with Crippen LogP contribution in [0.4, 0.5) is 0 Å². The van der Waals surface area contributed by atoms with E-state index in [4.69, 9.17) is 10.8 Å². The van der Waals surface area contributed by atoms with Crippen molar-refractivity contribution in [1.82, 2.24) is 9.29 Å². The minimum Gasteiger partial charge on any atom is -0.478 e. The van der Waals surface area contributed by atoms with Gasteiger partial charge in [-0.3, -0.25) is 4.98 Å². The van der Waals surface area contributed by atoms with Crippen molar-refractivity contribution < 1.29 is 18.3 Å². The zero-order chi connectivity index (χ0) is 20.9. The average Bonchev–Trinajstić information content (AvgIpc) is 2.73. The van der Waals surface area contributed by atoms with Gasteiger partial charge in [-0.05, 0) is 42.7 Å². The number of carboxylic acids is 1. The quantitative estimate of drug-likeness (QED) is 0.557. The first-order chi connectivity index (χ1) is 13.9. The Balaban J connectivity index is 1.80. The number of pyridine rings is 1. The third kappa shape index (κ3) is 4.79. The maximum Gasteiger partial charge on any atom is 0.335 e. The number of sulfonamides is 1. The summed E-state index contributed by atoms with van der Waals surface area (Å²) in [6.45, 7) is 0.706. The standard InChI is InChI=1S/C21H23N3O4S/c22-10-13-24(12-3-5-16-4-1-6-17(14-16)21(25)26)29(27,28)20-8-2-7-18-15-23-11-9-19(18)20/h1-2,4,6-9,11,14-15H,3,5,10,12-13,22H2,(H,25,26). The largest absolute Gasteiger partial charge is 0.478 e. The number of aromatic carboxylic acids is 1. The molecule has 7 nitrogen and oxygen atoms in total. The lowest BCUT2D eigenvalue weighted by atomic mass is 10.1. The van der Waals surface area contributed by atoms with Gasteiger partial charge in [-0.1, -0.05) is 24.3 Å². The highest BCUT2D eigenvalue weighted by atomic mass is 32.2. The molecule has 3 aromatic rings. The van der Waals surface area contributed by atoms with Crippen molar-refractivity contribution in [2.24, 2.45) is 5.73 Å². The third-order valence-corrected chi connectivity index (χ3v) is 6.64. The number of fused-ring (bicyclic) bond motifs is 1. The second-order valence-corrected chi connectivity index (χ2v) is 8.56. The summed E-state index contributed by atoms with van der Waals surface area (Å²) in [5, 5.41) is 10.5. The van der Waals surface area contributed by atoms with Crippen LogP contribution in [-0.2, 0) is 16.4 Å². The van der Waals surface area contributed by atoms with Crippen LogP contribution in [0.25, 0.3) is 10.8 Å². The predicted octanol–water partition coefficient (Wildman–Crippen LogP) is 2.52. The number of carboxylic acid groups (broad SMARTS) is 1.